The van der Waals surface area contributed by atoms with Crippen molar-refractivity contribution in [1.82, 2.24) is 0 Å². The molecular formula is C13H19FN2. The second kappa shape index (κ2) is 5.30. The summed E-state index contributed by atoms with van der Waals surface area (Å²) in [7, 11) is 0. The first-order chi connectivity index (χ1) is 7.79. The molecule has 0 atom stereocenters. The van der Waals surface area contributed by atoms with Crippen molar-refractivity contribution in [2.75, 3.05) is 5.32 Å². The van der Waals surface area contributed by atoms with Gasteiger partial charge in [0.25, 0.3) is 0 Å². The zero-order valence-corrected chi connectivity index (χ0v) is 9.51. The van der Waals surface area contributed by atoms with Crippen molar-refractivity contribution in [3.63, 3.8) is 0 Å². The van der Waals surface area contributed by atoms with Crippen LogP contribution in [0.5, 0.6) is 0 Å². The molecule has 1 aliphatic carbocycles. The van der Waals surface area contributed by atoms with Crippen LogP contribution in [0.15, 0.2) is 18.2 Å². The first-order valence-electron chi connectivity index (χ1n) is 6.04. The molecule has 1 aromatic rings. The van der Waals surface area contributed by atoms with Crippen LogP contribution in [-0.4, -0.2) is 6.04 Å². The van der Waals surface area contributed by atoms with Crippen LogP contribution in [0.2, 0.25) is 0 Å². The maximum atomic E-state index is 13.7. The average molecular weight is 222 g/mol. The number of benzene rings is 1. The third-order valence-corrected chi connectivity index (χ3v) is 3.23. The van der Waals surface area contributed by atoms with E-state index in [2.05, 4.69) is 5.32 Å². The Kier molecular flexibility index (Phi) is 3.78. The third-order valence-electron chi connectivity index (χ3n) is 3.23. The van der Waals surface area contributed by atoms with Gasteiger partial charge in [0.1, 0.15) is 5.82 Å². The fraction of sp³-hybridized carbons (Fsp3) is 0.538. The second-order valence-electron chi connectivity index (χ2n) is 4.50. The molecule has 0 amide bonds. The molecule has 1 aliphatic rings. The molecule has 1 aromatic carbocycles. The Labute approximate surface area is 96.0 Å². The third kappa shape index (κ3) is 2.73. The molecule has 88 valence electrons. The van der Waals surface area contributed by atoms with E-state index in [1.54, 1.807) is 6.07 Å². The lowest BCUT2D eigenvalue weighted by Gasteiger charge is -2.24. The number of hydrogen-bond acceptors (Lipinski definition) is 2. The van der Waals surface area contributed by atoms with E-state index in [-0.39, 0.29) is 5.82 Å². The largest absolute Gasteiger partial charge is 0.380 e. The van der Waals surface area contributed by atoms with Crippen molar-refractivity contribution in [3.05, 3.63) is 29.6 Å². The minimum atomic E-state index is -0.187. The van der Waals surface area contributed by atoms with Gasteiger partial charge in [-0.2, -0.15) is 0 Å². The highest BCUT2D eigenvalue weighted by Gasteiger charge is 2.14. The fourth-order valence-corrected chi connectivity index (χ4v) is 2.27. The molecule has 3 heteroatoms. The van der Waals surface area contributed by atoms with E-state index in [0.29, 0.717) is 18.3 Å². The Hall–Kier alpha value is -1.09. The van der Waals surface area contributed by atoms with Gasteiger partial charge in [0.2, 0.25) is 0 Å². The molecule has 2 rings (SSSR count). The van der Waals surface area contributed by atoms with Gasteiger partial charge >= 0.3 is 0 Å². The van der Waals surface area contributed by atoms with Crippen molar-refractivity contribution < 1.29 is 4.39 Å². The van der Waals surface area contributed by atoms with Crippen LogP contribution in [0.25, 0.3) is 0 Å². The summed E-state index contributed by atoms with van der Waals surface area (Å²) < 4.78 is 13.7. The van der Waals surface area contributed by atoms with Gasteiger partial charge in [0.15, 0.2) is 0 Å². The van der Waals surface area contributed by atoms with E-state index in [1.165, 1.54) is 25.3 Å². The van der Waals surface area contributed by atoms with Crippen molar-refractivity contribution >= 4 is 5.69 Å². The second-order valence-corrected chi connectivity index (χ2v) is 4.50. The molecule has 1 fully saturated rings. The van der Waals surface area contributed by atoms with E-state index in [9.17, 15) is 4.39 Å². The van der Waals surface area contributed by atoms with Crippen molar-refractivity contribution in [3.8, 4) is 0 Å². The zero-order valence-electron chi connectivity index (χ0n) is 9.51. The van der Waals surface area contributed by atoms with Gasteiger partial charge in [-0.25, -0.2) is 4.39 Å². The number of hydrogen-bond donors (Lipinski definition) is 2. The van der Waals surface area contributed by atoms with Crippen LogP contribution < -0.4 is 11.1 Å². The zero-order chi connectivity index (χ0) is 11.4. The summed E-state index contributed by atoms with van der Waals surface area (Å²) in [5, 5.41) is 3.28. The van der Waals surface area contributed by atoms with Gasteiger partial charge in [-0.1, -0.05) is 25.3 Å². The Morgan fingerprint density at radius 2 is 2.00 bits per heavy atom. The summed E-state index contributed by atoms with van der Waals surface area (Å²) in [6, 6.07) is 5.64. The lowest BCUT2D eigenvalue weighted by atomic mass is 9.95. The van der Waals surface area contributed by atoms with Gasteiger partial charge in [0.05, 0.1) is 5.69 Å². The van der Waals surface area contributed by atoms with Crippen molar-refractivity contribution in [2.24, 2.45) is 5.73 Å². The fourth-order valence-electron chi connectivity index (χ4n) is 2.27. The van der Waals surface area contributed by atoms with Crippen molar-refractivity contribution in [1.29, 1.82) is 0 Å². The Balaban J connectivity index is 2.03. The first-order valence-corrected chi connectivity index (χ1v) is 6.04. The van der Waals surface area contributed by atoms with Gasteiger partial charge in [-0.05, 0) is 30.5 Å². The monoisotopic (exact) mass is 222 g/mol. The Bertz CT molecular complexity index is 346. The molecule has 0 saturated heterocycles. The summed E-state index contributed by atoms with van der Waals surface area (Å²) >= 11 is 0. The predicted molar refractivity (Wildman–Crippen MR) is 64.8 cm³/mol. The lowest BCUT2D eigenvalue weighted by molar-refractivity contribution is 0.460. The van der Waals surface area contributed by atoms with Gasteiger partial charge in [0, 0.05) is 12.6 Å². The van der Waals surface area contributed by atoms with E-state index >= 15 is 0 Å². The average Bonchev–Trinajstić information content (AvgIpc) is 2.33. The highest BCUT2D eigenvalue weighted by molar-refractivity contribution is 5.47. The topological polar surface area (TPSA) is 38.0 Å². The number of nitrogens with two attached hydrogens (primary N) is 1. The van der Waals surface area contributed by atoms with E-state index in [4.69, 9.17) is 5.73 Å². The summed E-state index contributed by atoms with van der Waals surface area (Å²) in [6.45, 7) is 0.390. The SMILES string of the molecule is NCc1ccc(NC2CCCCC2)c(F)c1. The molecule has 0 aliphatic heterocycles. The normalized spacial score (nSPS) is 17.4. The maximum absolute atomic E-state index is 13.7. The highest BCUT2D eigenvalue weighted by Crippen LogP contribution is 2.23. The molecule has 0 aromatic heterocycles. The molecular weight excluding hydrogens is 203 g/mol. The van der Waals surface area contributed by atoms with Gasteiger partial charge in [-0.15, -0.1) is 0 Å². The summed E-state index contributed by atoms with van der Waals surface area (Å²) in [5.41, 5.74) is 6.92. The van der Waals surface area contributed by atoms with Crippen molar-refractivity contribution in [2.45, 2.75) is 44.7 Å². The van der Waals surface area contributed by atoms with Gasteiger partial charge in [-0.3, -0.25) is 0 Å². The summed E-state index contributed by atoms with van der Waals surface area (Å²) in [5.74, 6) is -0.187. The molecule has 0 bridgehead atoms. The number of rotatable bonds is 3. The summed E-state index contributed by atoms with van der Waals surface area (Å²) in [6.07, 6.45) is 6.11. The lowest BCUT2D eigenvalue weighted by Crippen LogP contribution is -2.22. The first kappa shape index (κ1) is 11.4. The van der Waals surface area contributed by atoms with E-state index in [0.717, 1.165) is 18.4 Å². The molecule has 0 radical (unpaired) electrons. The van der Waals surface area contributed by atoms with Crippen LogP contribution in [0, 0.1) is 5.82 Å². The minimum Gasteiger partial charge on any atom is -0.380 e. The molecule has 0 spiro atoms. The maximum Gasteiger partial charge on any atom is 0.146 e. The van der Waals surface area contributed by atoms with E-state index in [1.807, 2.05) is 6.07 Å². The molecule has 1 saturated carbocycles. The molecule has 16 heavy (non-hydrogen) atoms. The minimum absolute atomic E-state index is 0.187. The predicted octanol–water partition coefficient (Wildman–Crippen LogP) is 3.03. The molecule has 3 N–H and O–H groups in total. The smallest absolute Gasteiger partial charge is 0.146 e. The van der Waals surface area contributed by atoms with Crippen LogP contribution in [0.1, 0.15) is 37.7 Å². The highest BCUT2D eigenvalue weighted by atomic mass is 19.1. The number of halogens is 1. The standard InChI is InChI=1S/C13H19FN2/c14-12-8-10(9-15)6-7-13(12)16-11-4-2-1-3-5-11/h6-8,11,16H,1-5,9,15H2. The number of nitrogens with one attached hydrogen (secondary N) is 1. The molecule has 0 heterocycles. The van der Waals surface area contributed by atoms with Crippen LogP contribution >= 0.6 is 0 Å². The Morgan fingerprint density at radius 1 is 1.25 bits per heavy atom. The summed E-state index contributed by atoms with van der Waals surface area (Å²) in [4.78, 5) is 0. The molecule has 0 unspecified atom stereocenters. The van der Waals surface area contributed by atoms with Crippen LogP contribution in [0.4, 0.5) is 10.1 Å². The Morgan fingerprint density at radius 3 is 2.62 bits per heavy atom. The van der Waals surface area contributed by atoms with Crippen LogP contribution in [0.3, 0.4) is 0 Å². The van der Waals surface area contributed by atoms with E-state index < -0.39 is 0 Å². The molecule has 2 nitrogen and oxygen atoms in total. The van der Waals surface area contributed by atoms with Crippen LogP contribution in [-0.2, 0) is 6.54 Å². The van der Waals surface area contributed by atoms with Gasteiger partial charge < -0.3 is 11.1 Å². The number of anilines is 1. The quantitative estimate of drug-likeness (QED) is 0.825.